The minimum Gasteiger partial charge on any atom is -0.493 e. The minimum absolute atomic E-state index is 0.0643. The first kappa shape index (κ1) is 12.5. The van der Waals surface area contributed by atoms with E-state index in [0.29, 0.717) is 19.1 Å². The number of halogens is 1. The Morgan fingerprint density at radius 1 is 1.24 bits per heavy atom. The maximum absolute atomic E-state index is 6.08. The van der Waals surface area contributed by atoms with Crippen LogP contribution >= 0.6 is 11.6 Å². The highest BCUT2D eigenvalue weighted by Crippen LogP contribution is 2.40. The molecule has 1 fully saturated rings. The molecule has 1 saturated heterocycles. The molecule has 0 unspecified atom stereocenters. The van der Waals surface area contributed by atoms with Gasteiger partial charge in [0.1, 0.15) is 0 Å². The summed E-state index contributed by atoms with van der Waals surface area (Å²) >= 11 is 6.08. The van der Waals surface area contributed by atoms with Gasteiger partial charge in [0.05, 0.1) is 32.8 Å². The molecule has 0 spiro atoms. The fourth-order valence-corrected chi connectivity index (χ4v) is 2.50. The van der Waals surface area contributed by atoms with Crippen LogP contribution in [-0.2, 0) is 10.2 Å². The molecular formula is C13H17ClO3. The van der Waals surface area contributed by atoms with E-state index in [4.69, 9.17) is 25.8 Å². The van der Waals surface area contributed by atoms with E-state index >= 15 is 0 Å². The van der Waals surface area contributed by atoms with E-state index in [1.165, 1.54) is 5.56 Å². The number of ether oxygens (including phenoxy) is 3. The zero-order valence-electron chi connectivity index (χ0n) is 10.4. The molecule has 0 aliphatic carbocycles. The summed E-state index contributed by atoms with van der Waals surface area (Å²) in [6.45, 7) is 3.41. The van der Waals surface area contributed by atoms with Gasteiger partial charge in [-0.2, -0.15) is 0 Å². The zero-order chi connectivity index (χ0) is 12.5. The number of hydrogen-bond acceptors (Lipinski definition) is 3. The summed E-state index contributed by atoms with van der Waals surface area (Å²) in [5.74, 6) is 2.05. The van der Waals surface area contributed by atoms with Crippen molar-refractivity contribution >= 4 is 11.6 Å². The normalized spacial score (nSPS) is 17.4. The standard InChI is InChI=1S/C13H17ClO3/c1-9-4-11(15-2)12(16-3)5-10(9)13(6-14)7-17-8-13/h4-5H,6-8H2,1-3H3. The molecule has 0 bridgehead atoms. The van der Waals surface area contributed by atoms with Gasteiger partial charge in [-0.1, -0.05) is 0 Å². The van der Waals surface area contributed by atoms with Gasteiger partial charge in [0.15, 0.2) is 11.5 Å². The number of benzene rings is 1. The fraction of sp³-hybridized carbons (Fsp3) is 0.538. The Morgan fingerprint density at radius 2 is 1.82 bits per heavy atom. The average Bonchev–Trinajstić information content (AvgIpc) is 2.29. The molecule has 0 N–H and O–H groups in total. The lowest BCUT2D eigenvalue weighted by molar-refractivity contribution is -0.0483. The van der Waals surface area contributed by atoms with Crippen molar-refractivity contribution in [1.29, 1.82) is 0 Å². The monoisotopic (exact) mass is 256 g/mol. The molecule has 0 amide bonds. The summed E-state index contributed by atoms with van der Waals surface area (Å²) in [5.41, 5.74) is 2.29. The van der Waals surface area contributed by atoms with Gasteiger partial charge in [-0.05, 0) is 30.2 Å². The predicted octanol–water partition coefficient (Wildman–Crippen LogP) is 2.52. The maximum atomic E-state index is 6.08. The quantitative estimate of drug-likeness (QED) is 0.775. The molecule has 0 aromatic heterocycles. The van der Waals surface area contributed by atoms with Crippen LogP contribution in [0.1, 0.15) is 11.1 Å². The highest BCUT2D eigenvalue weighted by molar-refractivity contribution is 6.18. The molecule has 1 aromatic rings. The second-order valence-corrected chi connectivity index (χ2v) is 4.70. The molecule has 17 heavy (non-hydrogen) atoms. The fourth-order valence-electron chi connectivity index (χ4n) is 2.21. The Bertz CT molecular complexity index is 408. The largest absolute Gasteiger partial charge is 0.493 e. The predicted molar refractivity (Wildman–Crippen MR) is 67.5 cm³/mol. The van der Waals surface area contributed by atoms with Crippen LogP contribution in [0, 0.1) is 6.92 Å². The lowest BCUT2D eigenvalue weighted by atomic mass is 9.78. The van der Waals surface area contributed by atoms with Crippen molar-refractivity contribution in [3.63, 3.8) is 0 Å². The Labute approximate surface area is 107 Å². The first-order valence-corrected chi connectivity index (χ1v) is 6.07. The molecule has 4 heteroatoms. The summed E-state index contributed by atoms with van der Waals surface area (Å²) in [6, 6.07) is 4.00. The van der Waals surface area contributed by atoms with Gasteiger partial charge in [0, 0.05) is 5.88 Å². The topological polar surface area (TPSA) is 27.7 Å². The molecule has 1 heterocycles. The van der Waals surface area contributed by atoms with Crippen molar-refractivity contribution in [2.75, 3.05) is 33.3 Å². The Kier molecular flexibility index (Phi) is 3.50. The molecule has 2 rings (SSSR count). The smallest absolute Gasteiger partial charge is 0.161 e. The van der Waals surface area contributed by atoms with Gasteiger partial charge in [-0.15, -0.1) is 11.6 Å². The van der Waals surface area contributed by atoms with Gasteiger partial charge in [-0.3, -0.25) is 0 Å². The Balaban J connectivity index is 2.47. The summed E-state index contributed by atoms with van der Waals surface area (Å²) in [6.07, 6.45) is 0. The SMILES string of the molecule is COc1cc(C)c(C2(CCl)COC2)cc1OC. The molecule has 0 atom stereocenters. The summed E-state index contributed by atoms with van der Waals surface area (Å²) in [7, 11) is 3.28. The van der Waals surface area contributed by atoms with Gasteiger partial charge in [-0.25, -0.2) is 0 Å². The lowest BCUT2D eigenvalue weighted by Crippen LogP contribution is -2.48. The van der Waals surface area contributed by atoms with E-state index in [-0.39, 0.29) is 5.41 Å². The van der Waals surface area contributed by atoms with Crippen LogP contribution in [0.5, 0.6) is 11.5 Å². The highest BCUT2D eigenvalue weighted by Gasteiger charge is 2.41. The summed E-state index contributed by atoms with van der Waals surface area (Å²) < 4.78 is 15.9. The second-order valence-electron chi connectivity index (χ2n) is 4.43. The van der Waals surface area contributed by atoms with Crippen LogP contribution in [0.3, 0.4) is 0 Å². The number of rotatable bonds is 4. The van der Waals surface area contributed by atoms with Crippen molar-refractivity contribution in [3.05, 3.63) is 23.3 Å². The third-order valence-electron chi connectivity index (χ3n) is 3.31. The highest BCUT2D eigenvalue weighted by atomic mass is 35.5. The van der Waals surface area contributed by atoms with Gasteiger partial charge >= 0.3 is 0 Å². The average molecular weight is 257 g/mol. The van der Waals surface area contributed by atoms with Crippen molar-refractivity contribution in [3.8, 4) is 11.5 Å². The molecule has 1 aliphatic rings. The van der Waals surface area contributed by atoms with Crippen LogP contribution in [0.25, 0.3) is 0 Å². The van der Waals surface area contributed by atoms with E-state index in [0.717, 1.165) is 17.1 Å². The molecule has 3 nitrogen and oxygen atoms in total. The number of hydrogen-bond donors (Lipinski definition) is 0. The summed E-state index contributed by atoms with van der Waals surface area (Å²) in [5, 5.41) is 0. The Hall–Kier alpha value is -0.930. The van der Waals surface area contributed by atoms with Gasteiger partial charge < -0.3 is 14.2 Å². The maximum Gasteiger partial charge on any atom is 0.161 e. The molecular weight excluding hydrogens is 240 g/mol. The first-order valence-electron chi connectivity index (χ1n) is 5.53. The van der Waals surface area contributed by atoms with E-state index < -0.39 is 0 Å². The first-order chi connectivity index (χ1) is 8.16. The summed E-state index contributed by atoms with van der Waals surface area (Å²) in [4.78, 5) is 0. The minimum atomic E-state index is -0.0643. The number of aryl methyl sites for hydroxylation is 1. The van der Waals surface area contributed by atoms with E-state index in [1.807, 2.05) is 12.1 Å². The molecule has 1 aromatic carbocycles. The molecule has 94 valence electrons. The number of alkyl halides is 1. The van der Waals surface area contributed by atoms with Crippen LogP contribution in [0.2, 0.25) is 0 Å². The third kappa shape index (κ3) is 1.98. The van der Waals surface area contributed by atoms with Gasteiger partial charge in [0.2, 0.25) is 0 Å². The van der Waals surface area contributed by atoms with Crippen molar-refractivity contribution in [2.45, 2.75) is 12.3 Å². The third-order valence-corrected chi connectivity index (χ3v) is 3.83. The van der Waals surface area contributed by atoms with Crippen LogP contribution in [0.15, 0.2) is 12.1 Å². The van der Waals surface area contributed by atoms with Crippen LogP contribution < -0.4 is 9.47 Å². The zero-order valence-corrected chi connectivity index (χ0v) is 11.1. The molecule has 0 saturated carbocycles. The molecule has 1 aliphatic heterocycles. The second kappa shape index (κ2) is 4.75. The van der Waals surface area contributed by atoms with E-state index in [1.54, 1.807) is 14.2 Å². The van der Waals surface area contributed by atoms with Crippen molar-refractivity contribution in [2.24, 2.45) is 0 Å². The van der Waals surface area contributed by atoms with Crippen molar-refractivity contribution < 1.29 is 14.2 Å². The van der Waals surface area contributed by atoms with Crippen LogP contribution in [0.4, 0.5) is 0 Å². The van der Waals surface area contributed by atoms with Gasteiger partial charge in [0.25, 0.3) is 0 Å². The van der Waals surface area contributed by atoms with E-state index in [2.05, 4.69) is 6.92 Å². The van der Waals surface area contributed by atoms with Crippen molar-refractivity contribution in [1.82, 2.24) is 0 Å². The number of methoxy groups -OCH3 is 2. The lowest BCUT2D eigenvalue weighted by Gasteiger charge is -2.41. The molecule has 0 radical (unpaired) electrons. The Morgan fingerprint density at radius 3 is 2.24 bits per heavy atom. The van der Waals surface area contributed by atoms with E-state index in [9.17, 15) is 0 Å². The van der Waals surface area contributed by atoms with Crippen LogP contribution in [-0.4, -0.2) is 33.3 Å².